The molecule has 0 heterocycles. The summed E-state index contributed by atoms with van der Waals surface area (Å²) in [6, 6.07) is 3.93. The third-order valence-corrected chi connectivity index (χ3v) is 3.10. The smallest absolute Gasteiger partial charge is 0.160 e. The second-order valence-corrected chi connectivity index (χ2v) is 4.72. The van der Waals surface area contributed by atoms with Crippen molar-refractivity contribution < 1.29 is 8.78 Å². The highest BCUT2D eigenvalue weighted by Crippen LogP contribution is 2.19. The van der Waals surface area contributed by atoms with Crippen LogP contribution >= 0.6 is 0 Å². The van der Waals surface area contributed by atoms with Crippen LogP contribution in [0.2, 0.25) is 0 Å². The van der Waals surface area contributed by atoms with Crippen molar-refractivity contribution in [1.29, 1.82) is 0 Å². The van der Waals surface area contributed by atoms with Crippen LogP contribution in [0, 0.1) is 23.5 Å². The fourth-order valence-electron chi connectivity index (χ4n) is 1.74. The van der Waals surface area contributed by atoms with Crippen LogP contribution in [0.3, 0.4) is 0 Å². The van der Waals surface area contributed by atoms with Crippen molar-refractivity contribution >= 4 is 5.69 Å². The fourth-order valence-corrected chi connectivity index (χ4v) is 1.74. The topological polar surface area (TPSA) is 29.3 Å². The Morgan fingerprint density at radius 3 is 2.35 bits per heavy atom. The average molecular weight is 242 g/mol. The van der Waals surface area contributed by atoms with E-state index in [-0.39, 0.29) is 0 Å². The molecule has 0 aliphatic rings. The number of nitrogens with two attached hydrogens (primary N) is 1. The van der Waals surface area contributed by atoms with E-state index >= 15 is 0 Å². The molecule has 0 amide bonds. The minimum Gasteiger partial charge on any atom is -0.374 e. The van der Waals surface area contributed by atoms with E-state index in [9.17, 15) is 8.78 Å². The first-order valence-corrected chi connectivity index (χ1v) is 5.82. The van der Waals surface area contributed by atoms with Crippen LogP contribution in [0.4, 0.5) is 14.5 Å². The summed E-state index contributed by atoms with van der Waals surface area (Å²) in [4.78, 5) is 1.90. The Morgan fingerprint density at radius 1 is 1.24 bits per heavy atom. The number of halogens is 2. The maximum atomic E-state index is 13.1. The van der Waals surface area contributed by atoms with Crippen LogP contribution in [0.5, 0.6) is 0 Å². The third kappa shape index (κ3) is 3.66. The molecule has 0 spiro atoms. The summed E-state index contributed by atoms with van der Waals surface area (Å²) in [6.45, 7) is 5.54. The minimum atomic E-state index is -0.818. The van der Waals surface area contributed by atoms with Crippen molar-refractivity contribution in [1.82, 2.24) is 0 Å². The van der Waals surface area contributed by atoms with E-state index < -0.39 is 11.6 Å². The molecule has 1 rings (SSSR count). The lowest BCUT2D eigenvalue weighted by Crippen LogP contribution is -2.33. The number of hydrogen-bond acceptors (Lipinski definition) is 2. The molecule has 0 aromatic heterocycles. The van der Waals surface area contributed by atoms with Gasteiger partial charge in [-0.2, -0.15) is 0 Å². The standard InChI is InChI=1S/C13H20F2N2/c1-9(2)10(7-16)8-17(3)11-4-5-12(14)13(15)6-11/h4-6,9-10H,7-8,16H2,1-3H3. The molecule has 1 atom stereocenters. The Bertz CT molecular complexity index is 366. The second kappa shape index (κ2) is 5.96. The highest BCUT2D eigenvalue weighted by atomic mass is 19.2. The lowest BCUT2D eigenvalue weighted by Gasteiger charge is -2.27. The van der Waals surface area contributed by atoms with Crippen LogP contribution < -0.4 is 10.6 Å². The van der Waals surface area contributed by atoms with Crippen LogP contribution in [0.1, 0.15) is 13.8 Å². The Hall–Kier alpha value is -1.16. The predicted octanol–water partition coefficient (Wildman–Crippen LogP) is 2.63. The van der Waals surface area contributed by atoms with Gasteiger partial charge in [-0.3, -0.25) is 0 Å². The highest BCUT2D eigenvalue weighted by molar-refractivity contribution is 5.45. The zero-order valence-electron chi connectivity index (χ0n) is 10.6. The van der Waals surface area contributed by atoms with Gasteiger partial charge < -0.3 is 10.6 Å². The monoisotopic (exact) mass is 242 g/mol. The lowest BCUT2D eigenvalue weighted by molar-refractivity contribution is 0.397. The summed E-state index contributed by atoms with van der Waals surface area (Å²) in [6.07, 6.45) is 0. The molecular formula is C13H20F2N2. The van der Waals surface area contributed by atoms with Crippen molar-refractivity contribution in [3.63, 3.8) is 0 Å². The summed E-state index contributed by atoms with van der Waals surface area (Å²) >= 11 is 0. The molecule has 0 aliphatic carbocycles. The molecule has 17 heavy (non-hydrogen) atoms. The van der Waals surface area contributed by atoms with E-state index in [2.05, 4.69) is 13.8 Å². The molecule has 1 aromatic rings. The summed E-state index contributed by atoms with van der Waals surface area (Å²) in [5.74, 6) is -0.828. The van der Waals surface area contributed by atoms with E-state index in [1.165, 1.54) is 6.07 Å². The third-order valence-electron chi connectivity index (χ3n) is 3.10. The molecule has 0 aliphatic heterocycles. The van der Waals surface area contributed by atoms with Gasteiger partial charge in [0.25, 0.3) is 0 Å². The Kier molecular flexibility index (Phi) is 4.87. The van der Waals surface area contributed by atoms with Crippen molar-refractivity contribution in [2.75, 3.05) is 25.0 Å². The van der Waals surface area contributed by atoms with E-state index in [1.54, 1.807) is 6.07 Å². The zero-order chi connectivity index (χ0) is 13.0. The largest absolute Gasteiger partial charge is 0.374 e. The molecule has 0 fully saturated rings. The summed E-state index contributed by atoms with van der Waals surface area (Å²) in [5, 5.41) is 0. The maximum absolute atomic E-state index is 13.1. The molecule has 0 saturated heterocycles. The number of nitrogens with zero attached hydrogens (tertiary/aromatic N) is 1. The van der Waals surface area contributed by atoms with Gasteiger partial charge in [-0.25, -0.2) is 8.78 Å². The van der Waals surface area contributed by atoms with Crippen molar-refractivity contribution in [3.8, 4) is 0 Å². The summed E-state index contributed by atoms with van der Waals surface area (Å²) < 4.78 is 25.9. The van der Waals surface area contributed by atoms with Gasteiger partial charge in [0.15, 0.2) is 11.6 Å². The first-order valence-electron chi connectivity index (χ1n) is 5.82. The van der Waals surface area contributed by atoms with E-state index in [4.69, 9.17) is 5.73 Å². The normalized spacial score (nSPS) is 12.9. The highest BCUT2D eigenvalue weighted by Gasteiger charge is 2.15. The average Bonchev–Trinajstić information content (AvgIpc) is 2.28. The van der Waals surface area contributed by atoms with Gasteiger partial charge in [0.2, 0.25) is 0 Å². The van der Waals surface area contributed by atoms with E-state index in [0.29, 0.717) is 24.1 Å². The van der Waals surface area contributed by atoms with Crippen LogP contribution in [-0.2, 0) is 0 Å². The first-order chi connectivity index (χ1) is 7.95. The molecule has 4 heteroatoms. The molecular weight excluding hydrogens is 222 g/mol. The number of rotatable bonds is 5. The molecule has 1 unspecified atom stereocenters. The Morgan fingerprint density at radius 2 is 1.88 bits per heavy atom. The molecule has 2 N–H and O–H groups in total. The van der Waals surface area contributed by atoms with Gasteiger partial charge in [-0.15, -0.1) is 0 Å². The number of anilines is 1. The number of hydrogen-bond donors (Lipinski definition) is 1. The SMILES string of the molecule is CC(C)C(CN)CN(C)c1ccc(F)c(F)c1. The molecule has 96 valence electrons. The molecule has 0 bridgehead atoms. The molecule has 2 nitrogen and oxygen atoms in total. The quantitative estimate of drug-likeness (QED) is 0.860. The minimum absolute atomic E-state index is 0.341. The van der Waals surface area contributed by atoms with Gasteiger partial charge >= 0.3 is 0 Å². The first kappa shape index (κ1) is 13.9. The van der Waals surface area contributed by atoms with Crippen molar-refractivity contribution in [3.05, 3.63) is 29.8 Å². The van der Waals surface area contributed by atoms with Crippen LogP contribution in [0.15, 0.2) is 18.2 Å². The molecule has 0 radical (unpaired) electrons. The van der Waals surface area contributed by atoms with Gasteiger partial charge in [-0.1, -0.05) is 13.8 Å². The van der Waals surface area contributed by atoms with Gasteiger partial charge in [0.05, 0.1) is 0 Å². The van der Waals surface area contributed by atoms with Crippen LogP contribution in [-0.4, -0.2) is 20.1 Å². The lowest BCUT2D eigenvalue weighted by atomic mass is 9.95. The maximum Gasteiger partial charge on any atom is 0.160 e. The predicted molar refractivity (Wildman–Crippen MR) is 67.0 cm³/mol. The van der Waals surface area contributed by atoms with Gasteiger partial charge in [0, 0.05) is 25.3 Å². The van der Waals surface area contributed by atoms with Crippen molar-refractivity contribution in [2.24, 2.45) is 17.6 Å². The van der Waals surface area contributed by atoms with Gasteiger partial charge in [-0.05, 0) is 30.5 Å². The molecule has 0 saturated carbocycles. The van der Waals surface area contributed by atoms with Crippen LogP contribution in [0.25, 0.3) is 0 Å². The van der Waals surface area contributed by atoms with E-state index in [0.717, 1.165) is 12.6 Å². The second-order valence-electron chi connectivity index (χ2n) is 4.72. The number of benzene rings is 1. The van der Waals surface area contributed by atoms with E-state index in [1.807, 2.05) is 11.9 Å². The summed E-state index contributed by atoms with van der Waals surface area (Å²) in [5.41, 5.74) is 6.36. The summed E-state index contributed by atoms with van der Waals surface area (Å²) in [7, 11) is 1.86. The Balaban J connectivity index is 2.75. The molecule has 1 aromatic carbocycles. The van der Waals surface area contributed by atoms with Crippen molar-refractivity contribution in [2.45, 2.75) is 13.8 Å². The fraction of sp³-hybridized carbons (Fsp3) is 0.538. The zero-order valence-corrected chi connectivity index (χ0v) is 10.6. The Labute approximate surface area is 101 Å². The van der Waals surface area contributed by atoms with Gasteiger partial charge in [0.1, 0.15) is 0 Å².